The van der Waals surface area contributed by atoms with Gasteiger partial charge in [0.1, 0.15) is 12.2 Å². The maximum absolute atomic E-state index is 12.4. The van der Waals surface area contributed by atoms with Crippen LogP contribution in [0.1, 0.15) is 25.7 Å². The van der Waals surface area contributed by atoms with Crippen LogP contribution in [0.25, 0.3) is 0 Å². The largest absolute Gasteiger partial charge is 0.474 e. The molecular formula is C16H25Cl2N3O3. The van der Waals surface area contributed by atoms with Crippen LogP contribution in [0.5, 0.6) is 5.88 Å². The Kier molecular flexibility index (Phi) is 8.76. The number of halogens is 2. The number of carbonyl (C=O) groups is 1. The molecular weight excluding hydrogens is 353 g/mol. The van der Waals surface area contributed by atoms with Crippen molar-refractivity contribution < 1.29 is 14.3 Å². The van der Waals surface area contributed by atoms with E-state index in [1.54, 1.807) is 6.20 Å². The SMILES string of the molecule is Cl.Cl.NC[C@H]1CC[C@@H](C(=O)N2CCC(Oc3ccccn3)CC2)O1. The van der Waals surface area contributed by atoms with Crippen molar-refractivity contribution in [1.29, 1.82) is 0 Å². The van der Waals surface area contributed by atoms with Crippen LogP contribution in [-0.4, -0.2) is 53.7 Å². The molecule has 0 radical (unpaired) electrons. The van der Waals surface area contributed by atoms with Gasteiger partial charge in [0.15, 0.2) is 0 Å². The summed E-state index contributed by atoms with van der Waals surface area (Å²) in [6.07, 6.45) is 4.90. The summed E-state index contributed by atoms with van der Waals surface area (Å²) in [6, 6.07) is 5.63. The standard InChI is InChI=1S/C16H23N3O3.2ClH/c17-11-13-4-5-14(21-13)16(20)19-9-6-12(7-10-19)22-15-3-1-2-8-18-15;;/h1-3,8,12-14H,4-7,9-11,17H2;2*1H/t13-,14+;;/m1../s1. The van der Waals surface area contributed by atoms with E-state index < -0.39 is 0 Å². The van der Waals surface area contributed by atoms with Gasteiger partial charge in [-0.05, 0) is 18.9 Å². The zero-order chi connectivity index (χ0) is 15.4. The minimum Gasteiger partial charge on any atom is -0.474 e. The van der Waals surface area contributed by atoms with E-state index in [4.69, 9.17) is 15.2 Å². The Balaban J connectivity index is 0.00000144. The summed E-state index contributed by atoms with van der Waals surface area (Å²) in [5, 5.41) is 0. The monoisotopic (exact) mass is 377 g/mol. The van der Waals surface area contributed by atoms with Crippen LogP contribution in [0.3, 0.4) is 0 Å². The van der Waals surface area contributed by atoms with Gasteiger partial charge in [-0.3, -0.25) is 4.79 Å². The number of ether oxygens (including phenoxy) is 2. The van der Waals surface area contributed by atoms with Crippen molar-refractivity contribution in [3.63, 3.8) is 0 Å². The molecule has 1 aromatic heterocycles. The van der Waals surface area contributed by atoms with E-state index >= 15 is 0 Å². The minimum atomic E-state index is -0.304. The van der Waals surface area contributed by atoms with Crippen molar-refractivity contribution in [3.8, 4) is 5.88 Å². The predicted octanol–water partition coefficient (Wildman–Crippen LogP) is 1.80. The lowest BCUT2D eigenvalue weighted by atomic mass is 10.1. The summed E-state index contributed by atoms with van der Waals surface area (Å²) in [5.41, 5.74) is 5.59. The fourth-order valence-electron chi connectivity index (χ4n) is 3.05. The number of hydrogen-bond donors (Lipinski definition) is 1. The van der Waals surface area contributed by atoms with Crippen molar-refractivity contribution in [1.82, 2.24) is 9.88 Å². The zero-order valence-electron chi connectivity index (χ0n) is 13.5. The topological polar surface area (TPSA) is 77.7 Å². The molecule has 1 aromatic rings. The molecule has 8 heteroatoms. The Morgan fingerprint density at radius 1 is 1.25 bits per heavy atom. The first-order valence-corrected chi connectivity index (χ1v) is 7.98. The van der Waals surface area contributed by atoms with Gasteiger partial charge in [0.05, 0.1) is 6.10 Å². The lowest BCUT2D eigenvalue weighted by Crippen LogP contribution is -2.46. The Hall–Kier alpha value is -1.08. The van der Waals surface area contributed by atoms with E-state index in [1.165, 1.54) is 0 Å². The van der Waals surface area contributed by atoms with Crippen molar-refractivity contribution in [3.05, 3.63) is 24.4 Å². The summed E-state index contributed by atoms with van der Waals surface area (Å²) in [4.78, 5) is 18.5. The lowest BCUT2D eigenvalue weighted by Gasteiger charge is -2.33. The predicted molar refractivity (Wildman–Crippen MR) is 95.9 cm³/mol. The van der Waals surface area contributed by atoms with Gasteiger partial charge in [0.2, 0.25) is 5.88 Å². The number of likely N-dealkylation sites (tertiary alicyclic amines) is 1. The second kappa shape index (κ2) is 10.0. The molecule has 2 saturated heterocycles. The van der Waals surface area contributed by atoms with Crippen LogP contribution in [0.15, 0.2) is 24.4 Å². The second-order valence-electron chi connectivity index (χ2n) is 5.87. The van der Waals surface area contributed by atoms with Gasteiger partial charge in [0.25, 0.3) is 5.91 Å². The van der Waals surface area contributed by atoms with Crippen LogP contribution in [0.4, 0.5) is 0 Å². The first kappa shape index (κ1) is 21.0. The zero-order valence-corrected chi connectivity index (χ0v) is 15.1. The summed E-state index contributed by atoms with van der Waals surface area (Å²) in [5.74, 6) is 0.754. The van der Waals surface area contributed by atoms with Gasteiger partial charge in [-0.2, -0.15) is 0 Å². The van der Waals surface area contributed by atoms with Gasteiger partial charge >= 0.3 is 0 Å². The maximum atomic E-state index is 12.4. The molecule has 2 fully saturated rings. The normalized spacial score (nSPS) is 24.0. The molecule has 2 aliphatic rings. The third-order valence-electron chi connectivity index (χ3n) is 4.32. The number of rotatable bonds is 4. The number of piperidine rings is 1. The number of pyridine rings is 1. The lowest BCUT2D eigenvalue weighted by molar-refractivity contribution is -0.144. The van der Waals surface area contributed by atoms with Gasteiger partial charge in [-0.15, -0.1) is 24.8 Å². The molecule has 2 N–H and O–H groups in total. The number of carbonyl (C=O) groups excluding carboxylic acids is 1. The van der Waals surface area contributed by atoms with Crippen molar-refractivity contribution in [2.45, 2.75) is 44.0 Å². The molecule has 0 bridgehead atoms. The highest BCUT2D eigenvalue weighted by Gasteiger charge is 2.34. The molecule has 0 aliphatic carbocycles. The molecule has 1 amide bonds. The van der Waals surface area contributed by atoms with E-state index in [0.717, 1.165) is 25.7 Å². The maximum Gasteiger partial charge on any atom is 0.251 e. The minimum absolute atomic E-state index is 0. The van der Waals surface area contributed by atoms with Gasteiger partial charge in [-0.1, -0.05) is 6.07 Å². The number of nitrogens with two attached hydrogens (primary N) is 1. The quantitative estimate of drug-likeness (QED) is 0.865. The molecule has 24 heavy (non-hydrogen) atoms. The van der Waals surface area contributed by atoms with E-state index in [-0.39, 0.29) is 49.0 Å². The average Bonchev–Trinajstić information content (AvgIpc) is 3.05. The van der Waals surface area contributed by atoms with E-state index in [2.05, 4.69) is 4.98 Å². The molecule has 0 unspecified atom stereocenters. The van der Waals surface area contributed by atoms with Gasteiger partial charge in [-0.25, -0.2) is 4.98 Å². The van der Waals surface area contributed by atoms with E-state index in [9.17, 15) is 4.79 Å². The average molecular weight is 378 g/mol. The van der Waals surface area contributed by atoms with Crippen molar-refractivity contribution >= 4 is 30.7 Å². The number of amides is 1. The highest BCUT2D eigenvalue weighted by molar-refractivity contribution is 5.85. The molecule has 6 nitrogen and oxygen atoms in total. The molecule has 0 aromatic carbocycles. The molecule has 2 atom stereocenters. The van der Waals surface area contributed by atoms with E-state index in [1.807, 2.05) is 23.1 Å². The molecule has 3 rings (SSSR count). The van der Waals surface area contributed by atoms with Gasteiger partial charge < -0.3 is 20.1 Å². The summed E-state index contributed by atoms with van der Waals surface area (Å²) < 4.78 is 11.5. The smallest absolute Gasteiger partial charge is 0.251 e. The Morgan fingerprint density at radius 3 is 2.58 bits per heavy atom. The number of hydrogen-bond acceptors (Lipinski definition) is 5. The van der Waals surface area contributed by atoms with Crippen LogP contribution in [0.2, 0.25) is 0 Å². The Bertz CT molecular complexity index is 499. The number of aromatic nitrogens is 1. The molecule has 3 heterocycles. The third kappa shape index (κ3) is 5.21. The third-order valence-corrected chi connectivity index (χ3v) is 4.32. The van der Waals surface area contributed by atoms with Crippen LogP contribution in [0, 0.1) is 0 Å². The first-order valence-electron chi connectivity index (χ1n) is 7.98. The highest BCUT2D eigenvalue weighted by Crippen LogP contribution is 2.23. The highest BCUT2D eigenvalue weighted by atomic mass is 35.5. The summed E-state index contributed by atoms with van der Waals surface area (Å²) in [6.45, 7) is 1.91. The van der Waals surface area contributed by atoms with Crippen LogP contribution in [-0.2, 0) is 9.53 Å². The fraction of sp³-hybridized carbons (Fsp3) is 0.625. The van der Waals surface area contributed by atoms with Crippen molar-refractivity contribution in [2.75, 3.05) is 19.6 Å². The molecule has 2 aliphatic heterocycles. The summed E-state index contributed by atoms with van der Waals surface area (Å²) >= 11 is 0. The molecule has 136 valence electrons. The summed E-state index contributed by atoms with van der Waals surface area (Å²) in [7, 11) is 0. The van der Waals surface area contributed by atoms with Crippen LogP contribution >= 0.6 is 24.8 Å². The second-order valence-corrected chi connectivity index (χ2v) is 5.87. The number of nitrogens with zero attached hydrogens (tertiary/aromatic N) is 2. The Labute approximate surface area is 154 Å². The van der Waals surface area contributed by atoms with Crippen LogP contribution < -0.4 is 10.5 Å². The van der Waals surface area contributed by atoms with E-state index in [0.29, 0.717) is 25.5 Å². The van der Waals surface area contributed by atoms with Gasteiger partial charge in [0, 0.05) is 44.7 Å². The molecule has 0 saturated carbocycles. The Morgan fingerprint density at radius 2 is 2.00 bits per heavy atom. The van der Waals surface area contributed by atoms with Crippen molar-refractivity contribution in [2.24, 2.45) is 5.73 Å². The first-order chi connectivity index (χ1) is 10.8. The fourth-order valence-corrected chi connectivity index (χ4v) is 3.05. The molecule has 0 spiro atoms.